The van der Waals surface area contributed by atoms with Gasteiger partial charge in [-0.15, -0.1) is 0 Å². The van der Waals surface area contributed by atoms with Crippen molar-refractivity contribution >= 4 is 11.9 Å². The number of cyclic esters (lactones) is 2. The molecule has 0 aromatic heterocycles. The highest BCUT2D eigenvalue weighted by atomic mass is 16.5. The van der Waals surface area contributed by atoms with Crippen molar-refractivity contribution in [3.05, 3.63) is 23.3 Å². The molecule has 1 spiro atoms. The van der Waals surface area contributed by atoms with E-state index in [4.69, 9.17) is 9.47 Å². The van der Waals surface area contributed by atoms with Crippen LogP contribution < -0.4 is 0 Å². The van der Waals surface area contributed by atoms with E-state index in [-0.39, 0.29) is 35.3 Å². The van der Waals surface area contributed by atoms with E-state index in [1.165, 1.54) is 0 Å². The molecule has 4 atom stereocenters. The number of carbonyl (C=O) groups excluding carboxylic acids is 2. The molecule has 0 radical (unpaired) electrons. The number of hydrogen-bond donors (Lipinski definition) is 1. The quantitative estimate of drug-likeness (QED) is 0.792. The fourth-order valence-electron chi connectivity index (χ4n) is 5.85. The first kappa shape index (κ1) is 16.8. The molecule has 2 heterocycles. The van der Waals surface area contributed by atoms with Gasteiger partial charge in [0.25, 0.3) is 0 Å². The second-order valence-corrected chi connectivity index (χ2v) is 8.31. The van der Waals surface area contributed by atoms with Gasteiger partial charge in [0.1, 0.15) is 13.2 Å². The lowest BCUT2D eigenvalue weighted by Crippen LogP contribution is -2.53. The molecule has 136 valence electrons. The molecule has 2 fully saturated rings. The SMILES string of the molecule is CC1(CCC2=CC(=O)OC2)C(CO)CCC23COC(=O)C2=CCCC31. The number of hydrogen-bond acceptors (Lipinski definition) is 5. The van der Waals surface area contributed by atoms with Crippen molar-refractivity contribution in [3.8, 4) is 0 Å². The van der Waals surface area contributed by atoms with Gasteiger partial charge in [0.2, 0.25) is 0 Å². The van der Waals surface area contributed by atoms with E-state index >= 15 is 0 Å². The third kappa shape index (κ3) is 2.47. The molecule has 5 heteroatoms. The van der Waals surface area contributed by atoms with E-state index in [0.29, 0.717) is 19.1 Å². The summed E-state index contributed by atoms with van der Waals surface area (Å²) in [6, 6.07) is 0. The molecule has 1 saturated heterocycles. The maximum absolute atomic E-state index is 12.2. The number of aliphatic hydroxyl groups excluding tert-OH is 1. The number of rotatable bonds is 4. The Balaban J connectivity index is 1.63. The van der Waals surface area contributed by atoms with Crippen LogP contribution in [0.4, 0.5) is 0 Å². The molecule has 2 aliphatic heterocycles. The molecule has 25 heavy (non-hydrogen) atoms. The summed E-state index contributed by atoms with van der Waals surface area (Å²) in [5.74, 6) is 0.149. The molecule has 0 aromatic carbocycles. The summed E-state index contributed by atoms with van der Waals surface area (Å²) in [4.78, 5) is 23.5. The summed E-state index contributed by atoms with van der Waals surface area (Å²) >= 11 is 0. The largest absolute Gasteiger partial charge is 0.461 e. The first-order chi connectivity index (χ1) is 12.0. The minimum Gasteiger partial charge on any atom is -0.461 e. The predicted octanol–water partition coefficient (Wildman–Crippen LogP) is 2.54. The Morgan fingerprint density at radius 1 is 1.28 bits per heavy atom. The summed E-state index contributed by atoms with van der Waals surface area (Å²) in [6.45, 7) is 3.32. The Kier molecular flexibility index (Phi) is 4.02. The number of allylic oxidation sites excluding steroid dienone is 1. The van der Waals surface area contributed by atoms with Crippen LogP contribution in [0, 0.1) is 22.7 Å². The Hall–Kier alpha value is -1.62. The first-order valence-electron chi connectivity index (χ1n) is 9.34. The minimum absolute atomic E-state index is 0.0764. The van der Waals surface area contributed by atoms with Gasteiger partial charge < -0.3 is 14.6 Å². The second kappa shape index (κ2) is 5.97. The van der Waals surface area contributed by atoms with Gasteiger partial charge in [-0.1, -0.05) is 13.0 Å². The van der Waals surface area contributed by atoms with Gasteiger partial charge in [-0.05, 0) is 61.3 Å². The van der Waals surface area contributed by atoms with Crippen LogP contribution in [0.15, 0.2) is 23.3 Å². The summed E-state index contributed by atoms with van der Waals surface area (Å²) in [5, 5.41) is 10.0. The summed E-state index contributed by atoms with van der Waals surface area (Å²) in [6.07, 6.45) is 9.14. The zero-order valence-electron chi connectivity index (χ0n) is 14.8. The average Bonchev–Trinajstić information content (AvgIpc) is 3.17. The van der Waals surface area contributed by atoms with E-state index in [0.717, 1.165) is 49.7 Å². The Bertz CT molecular complexity index is 663. The van der Waals surface area contributed by atoms with Crippen LogP contribution in [-0.2, 0) is 19.1 Å². The number of aliphatic hydroxyl groups is 1. The maximum atomic E-state index is 12.2. The van der Waals surface area contributed by atoms with Crippen LogP contribution in [0.2, 0.25) is 0 Å². The van der Waals surface area contributed by atoms with Gasteiger partial charge in [-0.25, -0.2) is 9.59 Å². The Morgan fingerprint density at radius 3 is 2.84 bits per heavy atom. The van der Waals surface area contributed by atoms with Crippen LogP contribution in [0.25, 0.3) is 0 Å². The Morgan fingerprint density at radius 2 is 2.12 bits per heavy atom. The summed E-state index contributed by atoms with van der Waals surface area (Å²) in [5.41, 5.74) is 1.66. The normalized spacial score (nSPS) is 39.9. The summed E-state index contributed by atoms with van der Waals surface area (Å²) < 4.78 is 10.5. The molecule has 4 aliphatic rings. The van der Waals surface area contributed by atoms with E-state index in [1.54, 1.807) is 6.08 Å². The van der Waals surface area contributed by atoms with E-state index < -0.39 is 0 Å². The van der Waals surface area contributed by atoms with Crippen molar-refractivity contribution in [2.75, 3.05) is 19.8 Å². The van der Waals surface area contributed by atoms with Crippen molar-refractivity contribution < 1.29 is 24.2 Å². The summed E-state index contributed by atoms with van der Waals surface area (Å²) in [7, 11) is 0. The molecule has 1 N–H and O–H groups in total. The average molecular weight is 346 g/mol. The van der Waals surface area contributed by atoms with Crippen molar-refractivity contribution in [2.45, 2.75) is 45.4 Å². The third-order valence-corrected chi connectivity index (χ3v) is 7.28. The van der Waals surface area contributed by atoms with Crippen LogP contribution >= 0.6 is 0 Å². The molecule has 0 amide bonds. The van der Waals surface area contributed by atoms with Crippen LogP contribution in [0.5, 0.6) is 0 Å². The van der Waals surface area contributed by atoms with Gasteiger partial charge in [0, 0.05) is 23.7 Å². The predicted molar refractivity (Wildman–Crippen MR) is 90.4 cm³/mol. The first-order valence-corrected chi connectivity index (χ1v) is 9.34. The molecule has 5 nitrogen and oxygen atoms in total. The molecular formula is C20H26O5. The topological polar surface area (TPSA) is 72.8 Å². The van der Waals surface area contributed by atoms with Gasteiger partial charge in [0.15, 0.2) is 0 Å². The standard InChI is InChI=1S/C20H26O5/c1-19(7-5-13-9-17(22)24-11-13)14(10-21)6-8-20-12-25-18(23)15(20)3-2-4-16(19)20/h3,9,14,16,21H,2,4-8,10-12H2,1H3. The molecule has 4 rings (SSSR count). The van der Waals surface area contributed by atoms with Crippen LogP contribution in [-0.4, -0.2) is 36.9 Å². The smallest absolute Gasteiger partial charge is 0.334 e. The number of carbonyl (C=O) groups is 2. The molecule has 0 bridgehead atoms. The molecular weight excluding hydrogens is 320 g/mol. The maximum Gasteiger partial charge on any atom is 0.334 e. The highest BCUT2D eigenvalue weighted by Gasteiger charge is 2.61. The van der Waals surface area contributed by atoms with Crippen molar-refractivity contribution in [2.24, 2.45) is 22.7 Å². The van der Waals surface area contributed by atoms with Gasteiger partial charge in [-0.2, -0.15) is 0 Å². The van der Waals surface area contributed by atoms with Gasteiger partial charge in [-0.3, -0.25) is 0 Å². The second-order valence-electron chi connectivity index (χ2n) is 8.31. The lowest BCUT2D eigenvalue weighted by molar-refractivity contribution is -0.136. The van der Waals surface area contributed by atoms with Crippen LogP contribution in [0.3, 0.4) is 0 Å². The molecule has 0 aromatic rings. The van der Waals surface area contributed by atoms with E-state index in [2.05, 4.69) is 13.0 Å². The van der Waals surface area contributed by atoms with Crippen LogP contribution in [0.1, 0.15) is 45.4 Å². The molecule has 1 saturated carbocycles. The van der Waals surface area contributed by atoms with Gasteiger partial charge in [0.05, 0.1) is 0 Å². The van der Waals surface area contributed by atoms with Crippen molar-refractivity contribution in [3.63, 3.8) is 0 Å². The fourth-order valence-corrected chi connectivity index (χ4v) is 5.85. The van der Waals surface area contributed by atoms with E-state index in [9.17, 15) is 14.7 Å². The zero-order chi connectivity index (χ0) is 17.7. The number of esters is 2. The molecule has 2 aliphatic carbocycles. The monoisotopic (exact) mass is 346 g/mol. The Labute approximate surface area is 148 Å². The molecule has 4 unspecified atom stereocenters. The van der Waals surface area contributed by atoms with Gasteiger partial charge >= 0.3 is 11.9 Å². The lowest BCUT2D eigenvalue weighted by atomic mass is 9.46. The van der Waals surface area contributed by atoms with E-state index in [1.807, 2.05) is 0 Å². The fraction of sp³-hybridized carbons (Fsp3) is 0.700. The minimum atomic E-state index is -0.253. The van der Waals surface area contributed by atoms with Crippen molar-refractivity contribution in [1.82, 2.24) is 0 Å². The third-order valence-electron chi connectivity index (χ3n) is 7.28. The highest BCUT2D eigenvalue weighted by Crippen LogP contribution is 2.63. The highest BCUT2D eigenvalue weighted by molar-refractivity contribution is 5.92. The zero-order valence-corrected chi connectivity index (χ0v) is 14.8. The lowest BCUT2D eigenvalue weighted by Gasteiger charge is -2.57. The van der Waals surface area contributed by atoms with Crippen molar-refractivity contribution in [1.29, 1.82) is 0 Å². The number of ether oxygens (including phenoxy) is 2.